The quantitative estimate of drug-likeness (QED) is 0.204. The van der Waals surface area contributed by atoms with E-state index in [1.165, 1.54) is 38.9 Å². The van der Waals surface area contributed by atoms with Crippen molar-refractivity contribution >= 4 is 37.6 Å². The topological polar surface area (TPSA) is 24.1 Å². The Morgan fingerprint density at radius 1 is 0.474 bits per heavy atom. The number of benzene rings is 5. The number of nitrogens with one attached hydrogen (secondary N) is 2. The Balaban J connectivity index is 1.31. The Kier molecular flexibility index (Phi) is 7.28. The maximum absolute atomic E-state index is 3.77. The van der Waals surface area contributed by atoms with Crippen LogP contribution in [0.2, 0.25) is 0 Å². The Morgan fingerprint density at radius 3 is 1.63 bits per heavy atom. The second kappa shape index (κ2) is 11.1. The van der Waals surface area contributed by atoms with Gasteiger partial charge in [-0.1, -0.05) is 129 Å². The van der Waals surface area contributed by atoms with E-state index in [4.69, 9.17) is 0 Å². The third-order valence-electron chi connectivity index (χ3n) is 6.91. The Bertz CT molecular complexity index is 1560. The van der Waals surface area contributed by atoms with Crippen LogP contribution in [0, 0.1) is 0 Å². The van der Waals surface area contributed by atoms with Crippen LogP contribution in [0.25, 0.3) is 28.0 Å². The van der Waals surface area contributed by atoms with Crippen LogP contribution in [-0.4, -0.2) is 0 Å². The summed E-state index contributed by atoms with van der Waals surface area (Å²) in [7, 11) is 0. The van der Waals surface area contributed by atoms with Crippen molar-refractivity contribution in [3.05, 3.63) is 159 Å². The normalized spacial score (nSPS) is 16.9. The van der Waals surface area contributed by atoms with Gasteiger partial charge < -0.3 is 5.32 Å². The lowest BCUT2D eigenvalue weighted by atomic mass is 9.96. The van der Waals surface area contributed by atoms with Gasteiger partial charge in [-0.15, -0.1) is 0 Å². The fourth-order valence-electron chi connectivity index (χ4n) is 4.87. The van der Waals surface area contributed by atoms with E-state index in [0.717, 1.165) is 14.6 Å². The van der Waals surface area contributed by atoms with Crippen molar-refractivity contribution in [2.75, 3.05) is 0 Å². The minimum absolute atomic E-state index is 0.0148. The van der Waals surface area contributed by atoms with E-state index in [0.29, 0.717) is 0 Å². The highest BCUT2D eigenvalue weighted by molar-refractivity contribution is 9.10. The first-order chi connectivity index (χ1) is 18.6. The van der Waals surface area contributed by atoms with Gasteiger partial charge >= 0.3 is 0 Å². The van der Waals surface area contributed by atoms with Crippen molar-refractivity contribution in [3.63, 3.8) is 0 Å². The third kappa shape index (κ3) is 5.53. The molecule has 0 spiro atoms. The highest BCUT2D eigenvalue weighted by Crippen LogP contribution is 2.32. The predicted molar refractivity (Wildman–Crippen MR) is 165 cm³/mol. The van der Waals surface area contributed by atoms with Crippen LogP contribution in [0.1, 0.15) is 28.9 Å². The lowest BCUT2D eigenvalue weighted by molar-refractivity contribution is 0.442. The minimum Gasteiger partial charge on any atom is -0.366 e. The summed E-state index contributed by atoms with van der Waals surface area (Å²) >= 11 is 7.12. The molecule has 38 heavy (non-hydrogen) atoms. The fourth-order valence-corrected chi connectivity index (χ4v) is 5.40. The van der Waals surface area contributed by atoms with E-state index < -0.39 is 0 Å². The van der Waals surface area contributed by atoms with Gasteiger partial charge in [0.2, 0.25) is 0 Å². The van der Waals surface area contributed by atoms with Crippen LogP contribution in [0.3, 0.4) is 0 Å². The highest BCUT2D eigenvalue weighted by atomic mass is 79.9. The number of rotatable bonds is 5. The second-order valence-electron chi connectivity index (χ2n) is 9.43. The van der Waals surface area contributed by atoms with Gasteiger partial charge in [-0.25, -0.2) is 0 Å². The van der Waals surface area contributed by atoms with Crippen LogP contribution in [0.5, 0.6) is 0 Å². The molecule has 186 valence electrons. The molecule has 5 aromatic rings. The lowest BCUT2D eigenvalue weighted by Crippen LogP contribution is -2.39. The highest BCUT2D eigenvalue weighted by Gasteiger charge is 2.24. The molecule has 1 aliphatic rings. The predicted octanol–water partition coefficient (Wildman–Crippen LogP) is 9.52. The number of halogens is 2. The molecular weight excluding hydrogens is 596 g/mol. The summed E-state index contributed by atoms with van der Waals surface area (Å²) in [6.45, 7) is 0. The molecule has 0 amide bonds. The van der Waals surface area contributed by atoms with Gasteiger partial charge in [-0.3, -0.25) is 5.32 Å². The van der Waals surface area contributed by atoms with Crippen LogP contribution in [-0.2, 0) is 0 Å². The van der Waals surface area contributed by atoms with Gasteiger partial charge in [0.15, 0.2) is 0 Å². The SMILES string of the molecule is Brc1ccc(C2C=C(c3ccc(-c4cccc(-c5ccccc5)c4)cc3)NC(c3ccc(Br)cc3)N2)cc1. The molecule has 0 saturated heterocycles. The van der Waals surface area contributed by atoms with Crippen molar-refractivity contribution in [3.8, 4) is 22.3 Å². The zero-order valence-electron chi connectivity index (χ0n) is 20.6. The van der Waals surface area contributed by atoms with Crippen LogP contribution in [0.4, 0.5) is 0 Å². The first-order valence-corrected chi connectivity index (χ1v) is 14.2. The Labute approximate surface area is 240 Å². The van der Waals surface area contributed by atoms with E-state index in [1.54, 1.807) is 0 Å². The van der Waals surface area contributed by atoms with Crippen molar-refractivity contribution in [2.24, 2.45) is 0 Å². The maximum atomic E-state index is 3.77. The number of hydrogen-bond donors (Lipinski definition) is 2. The summed E-state index contributed by atoms with van der Waals surface area (Å²) < 4.78 is 2.15. The first kappa shape index (κ1) is 24.9. The monoisotopic (exact) mass is 620 g/mol. The van der Waals surface area contributed by atoms with Gasteiger partial charge in [-0.05, 0) is 75.4 Å². The van der Waals surface area contributed by atoms with Crippen molar-refractivity contribution in [2.45, 2.75) is 12.2 Å². The van der Waals surface area contributed by atoms with Gasteiger partial charge in [0.05, 0.1) is 6.04 Å². The zero-order chi connectivity index (χ0) is 25.9. The standard InChI is InChI=1S/C34H26Br2N2/c35-30-17-13-26(14-18-30)33-22-32(37-34(38-33)27-15-19-31(36)20-16-27)25-11-9-24(10-12-25)29-8-4-7-28(21-29)23-5-2-1-3-6-23/h1-22,33-34,37-38H. The third-order valence-corrected chi connectivity index (χ3v) is 7.97. The molecule has 2 unspecified atom stereocenters. The lowest BCUT2D eigenvalue weighted by Gasteiger charge is -2.33. The van der Waals surface area contributed by atoms with Crippen molar-refractivity contribution in [1.29, 1.82) is 0 Å². The molecule has 0 aromatic heterocycles. The zero-order valence-corrected chi connectivity index (χ0v) is 23.8. The fraction of sp³-hybridized carbons (Fsp3) is 0.0588. The van der Waals surface area contributed by atoms with Crippen molar-refractivity contribution in [1.82, 2.24) is 10.6 Å². The molecule has 0 aliphatic carbocycles. The molecule has 4 heteroatoms. The molecule has 0 fully saturated rings. The molecule has 0 saturated carbocycles. The number of hydrogen-bond acceptors (Lipinski definition) is 2. The molecule has 2 atom stereocenters. The van der Waals surface area contributed by atoms with E-state index >= 15 is 0 Å². The maximum Gasteiger partial charge on any atom is 0.104 e. The summed E-state index contributed by atoms with van der Waals surface area (Å²) in [6.07, 6.45) is 2.27. The molecule has 6 rings (SSSR count). The van der Waals surface area contributed by atoms with Gasteiger partial charge in [0.25, 0.3) is 0 Å². The van der Waals surface area contributed by atoms with Crippen molar-refractivity contribution < 1.29 is 0 Å². The molecular formula is C34H26Br2N2. The summed E-state index contributed by atoms with van der Waals surface area (Å²) in [5.74, 6) is 0. The van der Waals surface area contributed by atoms with Gasteiger partial charge in [0, 0.05) is 14.6 Å². The summed E-state index contributed by atoms with van der Waals surface area (Å²) in [6, 6.07) is 45.2. The molecule has 2 nitrogen and oxygen atoms in total. The average molecular weight is 622 g/mol. The largest absolute Gasteiger partial charge is 0.366 e. The molecule has 5 aromatic carbocycles. The van der Waals surface area contributed by atoms with Crippen LogP contribution < -0.4 is 10.6 Å². The molecule has 1 aliphatic heterocycles. The molecule has 2 N–H and O–H groups in total. The summed E-state index contributed by atoms with van der Waals surface area (Å²) in [4.78, 5) is 0. The smallest absolute Gasteiger partial charge is 0.104 e. The average Bonchev–Trinajstić information content (AvgIpc) is 2.98. The Morgan fingerprint density at radius 2 is 1.00 bits per heavy atom. The van der Waals surface area contributed by atoms with E-state index in [1.807, 2.05) is 0 Å². The van der Waals surface area contributed by atoms with Gasteiger partial charge in [-0.2, -0.15) is 0 Å². The van der Waals surface area contributed by atoms with E-state index in [-0.39, 0.29) is 12.2 Å². The summed E-state index contributed by atoms with van der Waals surface area (Å²) in [5.41, 5.74) is 9.57. The van der Waals surface area contributed by atoms with Gasteiger partial charge in [0.1, 0.15) is 6.17 Å². The van der Waals surface area contributed by atoms with Crippen LogP contribution in [0.15, 0.2) is 142 Å². The minimum atomic E-state index is -0.0148. The Hall–Kier alpha value is -3.44. The van der Waals surface area contributed by atoms with E-state index in [2.05, 4.69) is 176 Å². The van der Waals surface area contributed by atoms with Crippen LogP contribution >= 0.6 is 31.9 Å². The molecule has 0 radical (unpaired) electrons. The summed E-state index contributed by atoms with van der Waals surface area (Å²) in [5, 5.41) is 7.50. The second-order valence-corrected chi connectivity index (χ2v) is 11.3. The molecule has 0 bridgehead atoms. The molecule has 1 heterocycles. The van der Waals surface area contributed by atoms with E-state index in [9.17, 15) is 0 Å². The first-order valence-electron chi connectivity index (χ1n) is 12.6.